The van der Waals surface area contributed by atoms with Gasteiger partial charge in [0.15, 0.2) is 12.7 Å². The SMILES string of the molecule is CC(OC(=O)/C=C/c1ccc(OCC#N)cc1)C(=O)N(C)c1ccccc1. The molecule has 1 unspecified atom stereocenters. The summed E-state index contributed by atoms with van der Waals surface area (Å²) in [6.07, 6.45) is 1.93. The molecule has 0 spiro atoms. The Labute approximate surface area is 158 Å². The highest BCUT2D eigenvalue weighted by atomic mass is 16.5. The van der Waals surface area contributed by atoms with Gasteiger partial charge in [-0.1, -0.05) is 30.3 Å². The van der Waals surface area contributed by atoms with Crippen molar-refractivity contribution in [1.29, 1.82) is 5.26 Å². The van der Waals surface area contributed by atoms with Crippen molar-refractivity contribution in [3.05, 3.63) is 66.2 Å². The van der Waals surface area contributed by atoms with E-state index in [1.165, 1.54) is 17.9 Å². The van der Waals surface area contributed by atoms with Crippen molar-refractivity contribution in [2.75, 3.05) is 18.6 Å². The molecular weight excluding hydrogens is 344 g/mol. The Morgan fingerprint density at radius 2 is 1.81 bits per heavy atom. The highest BCUT2D eigenvalue weighted by Crippen LogP contribution is 2.14. The summed E-state index contributed by atoms with van der Waals surface area (Å²) in [7, 11) is 1.63. The minimum Gasteiger partial charge on any atom is -0.479 e. The standard InChI is InChI=1S/C21H20N2O4/c1-16(21(25)23(2)18-6-4-3-5-7-18)27-20(24)13-10-17-8-11-19(12-9-17)26-15-14-22/h3-13,16H,15H2,1-2H3/b13-10+. The molecule has 2 aromatic carbocycles. The minimum absolute atomic E-state index is 0.0230. The van der Waals surface area contributed by atoms with Crippen LogP contribution in [0.5, 0.6) is 5.75 Å². The van der Waals surface area contributed by atoms with Gasteiger partial charge in [-0.2, -0.15) is 5.26 Å². The van der Waals surface area contributed by atoms with Crippen LogP contribution in [0.15, 0.2) is 60.7 Å². The van der Waals surface area contributed by atoms with Crippen LogP contribution in [0.25, 0.3) is 6.08 Å². The maximum absolute atomic E-state index is 12.4. The van der Waals surface area contributed by atoms with Gasteiger partial charge in [0.05, 0.1) is 0 Å². The number of likely N-dealkylation sites (N-methyl/N-ethyl adjacent to an activating group) is 1. The van der Waals surface area contributed by atoms with Gasteiger partial charge in [-0.3, -0.25) is 4.79 Å². The zero-order valence-corrected chi connectivity index (χ0v) is 15.2. The minimum atomic E-state index is -0.908. The number of rotatable bonds is 7. The second-order valence-electron chi connectivity index (χ2n) is 5.66. The molecule has 0 radical (unpaired) electrons. The molecule has 0 bridgehead atoms. The molecule has 0 aliphatic heterocycles. The Morgan fingerprint density at radius 1 is 1.15 bits per heavy atom. The van der Waals surface area contributed by atoms with E-state index in [0.717, 1.165) is 11.3 Å². The number of nitrogens with zero attached hydrogens (tertiary/aromatic N) is 2. The number of anilines is 1. The van der Waals surface area contributed by atoms with Crippen molar-refractivity contribution < 1.29 is 19.1 Å². The van der Waals surface area contributed by atoms with Crippen molar-refractivity contribution in [3.63, 3.8) is 0 Å². The molecule has 0 fully saturated rings. The second-order valence-corrected chi connectivity index (χ2v) is 5.66. The lowest BCUT2D eigenvalue weighted by molar-refractivity contribution is -0.148. The number of carbonyl (C=O) groups is 2. The monoisotopic (exact) mass is 364 g/mol. The molecule has 0 aromatic heterocycles. The molecule has 0 saturated carbocycles. The third-order valence-corrected chi connectivity index (χ3v) is 3.71. The molecule has 2 rings (SSSR count). The van der Waals surface area contributed by atoms with Gasteiger partial charge >= 0.3 is 5.97 Å². The maximum atomic E-state index is 12.4. The van der Waals surface area contributed by atoms with Gasteiger partial charge < -0.3 is 14.4 Å². The van der Waals surface area contributed by atoms with E-state index < -0.39 is 12.1 Å². The van der Waals surface area contributed by atoms with Gasteiger partial charge in [-0.05, 0) is 42.8 Å². The fourth-order valence-electron chi connectivity index (χ4n) is 2.27. The summed E-state index contributed by atoms with van der Waals surface area (Å²) in [5.74, 6) is -0.358. The Bertz CT molecular complexity index is 839. The fraction of sp³-hybridized carbons (Fsp3) is 0.190. The highest BCUT2D eigenvalue weighted by Gasteiger charge is 2.21. The molecule has 6 heteroatoms. The van der Waals surface area contributed by atoms with E-state index in [-0.39, 0.29) is 12.5 Å². The number of para-hydroxylation sites is 1. The maximum Gasteiger partial charge on any atom is 0.331 e. The summed E-state index contributed by atoms with van der Waals surface area (Å²) in [4.78, 5) is 25.8. The Balaban J connectivity index is 1.89. The van der Waals surface area contributed by atoms with E-state index in [4.69, 9.17) is 14.7 Å². The summed E-state index contributed by atoms with van der Waals surface area (Å²) in [6, 6.07) is 17.9. The number of ether oxygens (including phenoxy) is 2. The largest absolute Gasteiger partial charge is 0.479 e. The van der Waals surface area contributed by atoms with Crippen LogP contribution in [0.2, 0.25) is 0 Å². The quantitative estimate of drug-likeness (QED) is 0.557. The van der Waals surface area contributed by atoms with Crippen molar-refractivity contribution in [2.45, 2.75) is 13.0 Å². The van der Waals surface area contributed by atoms with Crippen molar-refractivity contribution >= 4 is 23.6 Å². The van der Waals surface area contributed by atoms with Crippen molar-refractivity contribution in [3.8, 4) is 11.8 Å². The molecule has 1 amide bonds. The predicted molar refractivity (Wildman–Crippen MR) is 102 cm³/mol. The highest BCUT2D eigenvalue weighted by molar-refractivity contribution is 5.98. The predicted octanol–water partition coefficient (Wildman–Crippen LogP) is 3.20. The molecule has 0 saturated heterocycles. The van der Waals surface area contributed by atoms with Crippen LogP contribution in [0.1, 0.15) is 12.5 Å². The van der Waals surface area contributed by atoms with Crippen LogP contribution in [0, 0.1) is 11.3 Å². The first-order valence-electron chi connectivity index (χ1n) is 8.32. The topological polar surface area (TPSA) is 79.6 Å². The van der Waals surface area contributed by atoms with E-state index in [1.807, 2.05) is 24.3 Å². The van der Waals surface area contributed by atoms with Crippen LogP contribution in [-0.2, 0) is 14.3 Å². The van der Waals surface area contributed by atoms with Gasteiger partial charge in [0.1, 0.15) is 11.8 Å². The molecule has 0 aliphatic rings. The van der Waals surface area contributed by atoms with Crippen LogP contribution in [0.4, 0.5) is 5.69 Å². The number of hydrogen-bond donors (Lipinski definition) is 0. The first-order chi connectivity index (χ1) is 13.0. The molecule has 1 atom stereocenters. The van der Waals surface area contributed by atoms with Crippen molar-refractivity contribution in [1.82, 2.24) is 0 Å². The van der Waals surface area contributed by atoms with Crippen LogP contribution >= 0.6 is 0 Å². The molecule has 138 valence electrons. The van der Waals surface area contributed by atoms with Crippen LogP contribution in [0.3, 0.4) is 0 Å². The zero-order chi connectivity index (χ0) is 19.6. The van der Waals surface area contributed by atoms with Gasteiger partial charge in [0.2, 0.25) is 0 Å². The van der Waals surface area contributed by atoms with E-state index in [9.17, 15) is 9.59 Å². The molecule has 27 heavy (non-hydrogen) atoms. The number of carbonyl (C=O) groups excluding carboxylic acids is 2. The van der Waals surface area contributed by atoms with Gasteiger partial charge in [-0.15, -0.1) is 0 Å². The summed E-state index contributed by atoms with van der Waals surface area (Å²) >= 11 is 0. The summed E-state index contributed by atoms with van der Waals surface area (Å²) < 4.78 is 10.3. The second kappa shape index (κ2) is 9.78. The lowest BCUT2D eigenvalue weighted by Crippen LogP contribution is -2.37. The molecule has 6 nitrogen and oxygen atoms in total. The number of nitriles is 1. The smallest absolute Gasteiger partial charge is 0.331 e. The van der Waals surface area contributed by atoms with Crippen molar-refractivity contribution in [2.24, 2.45) is 0 Å². The first kappa shape index (κ1) is 19.7. The number of hydrogen-bond acceptors (Lipinski definition) is 5. The normalized spacial score (nSPS) is 11.4. The third kappa shape index (κ3) is 6.01. The van der Waals surface area contributed by atoms with E-state index >= 15 is 0 Å². The lowest BCUT2D eigenvalue weighted by Gasteiger charge is -2.21. The van der Waals surface area contributed by atoms with E-state index in [0.29, 0.717) is 5.75 Å². The number of amides is 1. The van der Waals surface area contributed by atoms with Gasteiger partial charge in [0.25, 0.3) is 5.91 Å². The summed E-state index contributed by atoms with van der Waals surface area (Å²) in [5.41, 5.74) is 1.48. The number of esters is 1. The van der Waals surface area contributed by atoms with E-state index in [2.05, 4.69) is 0 Å². The molecule has 0 N–H and O–H groups in total. The Hall–Kier alpha value is -3.59. The zero-order valence-electron chi connectivity index (χ0n) is 15.2. The van der Waals surface area contributed by atoms with Crippen LogP contribution in [-0.4, -0.2) is 31.6 Å². The Morgan fingerprint density at radius 3 is 2.44 bits per heavy atom. The molecule has 0 heterocycles. The number of benzene rings is 2. The molecule has 2 aromatic rings. The first-order valence-corrected chi connectivity index (χ1v) is 8.32. The van der Waals surface area contributed by atoms with Gasteiger partial charge in [-0.25, -0.2) is 4.79 Å². The average molecular weight is 364 g/mol. The van der Waals surface area contributed by atoms with Gasteiger partial charge in [0, 0.05) is 18.8 Å². The molecule has 0 aliphatic carbocycles. The Kier molecular flexibility index (Phi) is 7.15. The lowest BCUT2D eigenvalue weighted by atomic mass is 10.2. The summed E-state index contributed by atoms with van der Waals surface area (Å²) in [6.45, 7) is 1.51. The fourth-order valence-corrected chi connectivity index (χ4v) is 2.27. The van der Waals surface area contributed by atoms with E-state index in [1.54, 1.807) is 49.5 Å². The summed E-state index contributed by atoms with van der Waals surface area (Å²) in [5, 5.41) is 8.47. The average Bonchev–Trinajstić information content (AvgIpc) is 2.71. The molecular formula is C21H20N2O4. The van der Waals surface area contributed by atoms with Crippen LogP contribution < -0.4 is 9.64 Å². The third-order valence-electron chi connectivity index (χ3n) is 3.71.